The maximum atomic E-state index is 5.22. The minimum Gasteiger partial charge on any atom is -0.217 e. The summed E-state index contributed by atoms with van der Waals surface area (Å²) in [6.45, 7) is 0.412. The van der Waals surface area contributed by atoms with E-state index in [-0.39, 0.29) is 0 Å². The summed E-state index contributed by atoms with van der Waals surface area (Å²) in [6.07, 6.45) is 5.92. The van der Waals surface area contributed by atoms with Crippen LogP contribution in [0.4, 0.5) is 0 Å². The fourth-order valence-corrected chi connectivity index (χ4v) is 1.34. The van der Waals surface area contributed by atoms with Crippen LogP contribution in [-0.4, -0.2) is 20.2 Å². The van der Waals surface area contributed by atoms with E-state index in [1.165, 1.54) is 5.56 Å². The molecule has 0 bridgehead atoms. The minimum atomic E-state index is 0.412. The molecular weight excluding hydrogens is 188 g/mol. The first kappa shape index (κ1) is 9.41. The molecule has 74 valence electrons. The second kappa shape index (κ2) is 4.38. The zero-order valence-corrected chi connectivity index (χ0v) is 8.17. The number of nitrogens with zero attached hydrogens (tertiary/aromatic N) is 4. The van der Waals surface area contributed by atoms with Gasteiger partial charge in [0, 0.05) is 6.42 Å². The average molecular weight is 198 g/mol. The van der Waals surface area contributed by atoms with Gasteiger partial charge in [0.15, 0.2) is 5.82 Å². The van der Waals surface area contributed by atoms with Crippen molar-refractivity contribution in [2.24, 2.45) is 0 Å². The van der Waals surface area contributed by atoms with Crippen LogP contribution in [0.1, 0.15) is 11.4 Å². The van der Waals surface area contributed by atoms with Crippen molar-refractivity contribution in [3.05, 3.63) is 41.7 Å². The van der Waals surface area contributed by atoms with Crippen LogP contribution in [0.5, 0.6) is 0 Å². The van der Waals surface area contributed by atoms with Gasteiger partial charge in [0.25, 0.3) is 0 Å². The highest BCUT2D eigenvalue weighted by molar-refractivity contribution is 5.18. The smallest absolute Gasteiger partial charge is 0.156 e. The van der Waals surface area contributed by atoms with Gasteiger partial charge >= 0.3 is 0 Å². The van der Waals surface area contributed by atoms with Crippen LogP contribution in [0, 0.1) is 12.3 Å². The van der Waals surface area contributed by atoms with E-state index in [2.05, 4.69) is 21.4 Å². The Kier molecular flexibility index (Phi) is 2.75. The van der Waals surface area contributed by atoms with Crippen molar-refractivity contribution in [1.29, 1.82) is 0 Å². The molecule has 0 saturated carbocycles. The molecule has 0 aliphatic rings. The molecule has 0 radical (unpaired) electrons. The van der Waals surface area contributed by atoms with Gasteiger partial charge < -0.3 is 0 Å². The van der Waals surface area contributed by atoms with Crippen LogP contribution < -0.4 is 0 Å². The SMILES string of the molecule is C#CCn1nnnc1Cc1ccccc1. The molecule has 1 aromatic heterocycles. The molecule has 0 atom stereocenters. The topological polar surface area (TPSA) is 43.6 Å². The summed E-state index contributed by atoms with van der Waals surface area (Å²) >= 11 is 0. The summed E-state index contributed by atoms with van der Waals surface area (Å²) in [5.41, 5.74) is 1.17. The van der Waals surface area contributed by atoms with Gasteiger partial charge in [-0.25, -0.2) is 4.68 Å². The lowest BCUT2D eigenvalue weighted by Crippen LogP contribution is -2.05. The standard InChI is InChI=1S/C11H10N4/c1-2-8-15-11(12-13-14-15)9-10-6-4-3-5-7-10/h1,3-7H,8-9H2. The summed E-state index contributed by atoms with van der Waals surface area (Å²) in [7, 11) is 0. The van der Waals surface area contributed by atoms with Crippen LogP contribution in [-0.2, 0) is 13.0 Å². The molecule has 0 saturated heterocycles. The van der Waals surface area contributed by atoms with E-state index in [0.29, 0.717) is 13.0 Å². The molecule has 0 N–H and O–H groups in total. The number of terminal acetylenes is 1. The van der Waals surface area contributed by atoms with Crippen molar-refractivity contribution in [2.75, 3.05) is 0 Å². The highest BCUT2D eigenvalue weighted by Crippen LogP contribution is 2.05. The van der Waals surface area contributed by atoms with Crippen LogP contribution in [0.3, 0.4) is 0 Å². The molecular formula is C11H10N4. The Morgan fingerprint density at radius 3 is 2.80 bits per heavy atom. The number of benzene rings is 1. The highest BCUT2D eigenvalue weighted by atomic mass is 15.5. The van der Waals surface area contributed by atoms with Gasteiger partial charge in [0.2, 0.25) is 0 Å². The van der Waals surface area contributed by atoms with Crippen LogP contribution in [0.15, 0.2) is 30.3 Å². The van der Waals surface area contributed by atoms with Crippen LogP contribution in [0.2, 0.25) is 0 Å². The maximum absolute atomic E-state index is 5.22. The molecule has 4 nitrogen and oxygen atoms in total. The summed E-state index contributed by atoms with van der Waals surface area (Å²) in [6, 6.07) is 10.0. The lowest BCUT2D eigenvalue weighted by molar-refractivity contribution is 0.646. The van der Waals surface area contributed by atoms with Gasteiger partial charge in [-0.2, -0.15) is 0 Å². The zero-order chi connectivity index (χ0) is 10.5. The zero-order valence-electron chi connectivity index (χ0n) is 8.17. The lowest BCUT2D eigenvalue weighted by Gasteiger charge is -2.00. The third-order valence-corrected chi connectivity index (χ3v) is 2.05. The van der Waals surface area contributed by atoms with Gasteiger partial charge in [0.1, 0.15) is 6.54 Å². The fraction of sp³-hybridized carbons (Fsp3) is 0.182. The van der Waals surface area contributed by atoms with E-state index in [4.69, 9.17) is 6.42 Å². The molecule has 4 heteroatoms. The van der Waals surface area contributed by atoms with E-state index < -0.39 is 0 Å². The van der Waals surface area contributed by atoms with Crippen molar-refractivity contribution in [3.63, 3.8) is 0 Å². The van der Waals surface area contributed by atoms with Crippen molar-refractivity contribution < 1.29 is 0 Å². The number of aromatic nitrogens is 4. The largest absolute Gasteiger partial charge is 0.217 e. The Balaban J connectivity index is 2.18. The van der Waals surface area contributed by atoms with E-state index in [1.54, 1.807) is 4.68 Å². The summed E-state index contributed by atoms with van der Waals surface area (Å²) in [5, 5.41) is 11.4. The van der Waals surface area contributed by atoms with E-state index in [9.17, 15) is 0 Å². The fourth-order valence-electron chi connectivity index (χ4n) is 1.34. The average Bonchev–Trinajstić information content (AvgIpc) is 2.68. The summed E-state index contributed by atoms with van der Waals surface area (Å²) in [4.78, 5) is 0. The third kappa shape index (κ3) is 2.20. The Labute approximate surface area is 87.9 Å². The molecule has 15 heavy (non-hydrogen) atoms. The molecule has 2 aromatic rings. The summed E-state index contributed by atoms with van der Waals surface area (Å²) < 4.78 is 1.63. The lowest BCUT2D eigenvalue weighted by atomic mass is 10.1. The second-order valence-corrected chi connectivity index (χ2v) is 3.12. The molecule has 1 heterocycles. The van der Waals surface area contributed by atoms with Crippen molar-refractivity contribution in [1.82, 2.24) is 20.2 Å². The molecule has 0 fully saturated rings. The predicted octanol–water partition coefficient (Wildman–Crippen LogP) is 0.897. The first-order valence-corrected chi connectivity index (χ1v) is 4.62. The second-order valence-electron chi connectivity index (χ2n) is 3.12. The third-order valence-electron chi connectivity index (χ3n) is 2.05. The van der Waals surface area contributed by atoms with Crippen LogP contribution in [0.25, 0.3) is 0 Å². The highest BCUT2D eigenvalue weighted by Gasteiger charge is 2.04. The Morgan fingerprint density at radius 1 is 1.27 bits per heavy atom. The van der Waals surface area contributed by atoms with Gasteiger partial charge in [-0.1, -0.05) is 36.3 Å². The Morgan fingerprint density at radius 2 is 2.07 bits per heavy atom. The molecule has 2 rings (SSSR count). The number of hydrogen-bond donors (Lipinski definition) is 0. The number of hydrogen-bond acceptors (Lipinski definition) is 3. The van der Waals surface area contributed by atoms with Crippen molar-refractivity contribution in [2.45, 2.75) is 13.0 Å². The minimum absolute atomic E-state index is 0.412. The van der Waals surface area contributed by atoms with Crippen LogP contribution >= 0.6 is 0 Å². The molecule has 0 aliphatic carbocycles. The molecule has 0 unspecified atom stereocenters. The Hall–Kier alpha value is -2.15. The normalized spacial score (nSPS) is 9.80. The predicted molar refractivity (Wildman–Crippen MR) is 55.9 cm³/mol. The molecule has 0 amide bonds. The maximum Gasteiger partial charge on any atom is 0.156 e. The summed E-state index contributed by atoms with van der Waals surface area (Å²) in [5.74, 6) is 3.31. The van der Waals surface area contributed by atoms with E-state index >= 15 is 0 Å². The monoisotopic (exact) mass is 198 g/mol. The van der Waals surface area contributed by atoms with Gasteiger partial charge in [-0.05, 0) is 16.0 Å². The molecule has 0 aliphatic heterocycles. The first-order valence-electron chi connectivity index (χ1n) is 4.62. The quantitative estimate of drug-likeness (QED) is 0.688. The van der Waals surface area contributed by atoms with Gasteiger partial charge in [-0.3, -0.25) is 0 Å². The molecule has 0 spiro atoms. The van der Waals surface area contributed by atoms with E-state index in [0.717, 1.165) is 5.82 Å². The van der Waals surface area contributed by atoms with Crippen molar-refractivity contribution in [3.8, 4) is 12.3 Å². The molecule has 1 aromatic carbocycles. The van der Waals surface area contributed by atoms with Crippen molar-refractivity contribution >= 4 is 0 Å². The number of rotatable bonds is 3. The van der Waals surface area contributed by atoms with Gasteiger partial charge in [0.05, 0.1) is 0 Å². The van der Waals surface area contributed by atoms with Gasteiger partial charge in [-0.15, -0.1) is 11.5 Å². The Bertz CT molecular complexity index is 467. The van der Waals surface area contributed by atoms with E-state index in [1.807, 2.05) is 30.3 Å². The number of tetrazole rings is 1. The first-order chi connectivity index (χ1) is 7.40.